The summed E-state index contributed by atoms with van der Waals surface area (Å²) in [5.74, 6) is -0.624. The second kappa shape index (κ2) is 8.03. The SMILES string of the molecule is CS(=O)(=O)C(CCC(N)=O)n1ccc(-c2nnc(-c3ccccc3)s2)cc1=O. The average Bonchev–Trinajstić information content (AvgIpc) is 3.12. The Bertz CT molecular complexity index is 1150. The third kappa shape index (κ3) is 4.52. The van der Waals surface area contributed by atoms with Gasteiger partial charge in [-0.05, 0) is 12.5 Å². The van der Waals surface area contributed by atoms with Crippen molar-refractivity contribution in [2.75, 3.05) is 6.26 Å². The van der Waals surface area contributed by atoms with E-state index in [2.05, 4.69) is 10.2 Å². The average molecular weight is 419 g/mol. The number of pyridine rings is 1. The summed E-state index contributed by atoms with van der Waals surface area (Å²) in [4.78, 5) is 23.6. The molecule has 0 fully saturated rings. The van der Waals surface area contributed by atoms with Crippen molar-refractivity contribution in [3.05, 3.63) is 59.0 Å². The summed E-state index contributed by atoms with van der Waals surface area (Å²) in [6.45, 7) is 0. The monoisotopic (exact) mass is 418 g/mol. The number of rotatable bonds is 7. The van der Waals surface area contributed by atoms with Gasteiger partial charge in [0.25, 0.3) is 5.56 Å². The number of nitrogens with zero attached hydrogens (tertiary/aromatic N) is 3. The zero-order valence-electron chi connectivity index (χ0n) is 15.0. The number of hydrogen-bond acceptors (Lipinski definition) is 7. The summed E-state index contributed by atoms with van der Waals surface area (Å²) in [5, 5.41) is 8.39. The number of nitrogens with two attached hydrogens (primary N) is 1. The first-order chi connectivity index (χ1) is 13.3. The molecule has 0 saturated carbocycles. The quantitative estimate of drug-likeness (QED) is 0.624. The van der Waals surface area contributed by atoms with Gasteiger partial charge in [-0.3, -0.25) is 14.2 Å². The topological polar surface area (TPSA) is 125 Å². The molecule has 3 aromatic rings. The van der Waals surface area contributed by atoms with Gasteiger partial charge in [0.05, 0.1) is 0 Å². The Kier molecular flexibility index (Phi) is 5.71. The fraction of sp³-hybridized carbons (Fsp3) is 0.222. The first-order valence-corrected chi connectivity index (χ1v) is 11.1. The van der Waals surface area contributed by atoms with Crippen LogP contribution in [-0.2, 0) is 14.6 Å². The highest BCUT2D eigenvalue weighted by Crippen LogP contribution is 2.29. The maximum absolute atomic E-state index is 12.6. The molecule has 0 aliphatic rings. The summed E-state index contributed by atoms with van der Waals surface area (Å²) >= 11 is 1.33. The van der Waals surface area contributed by atoms with E-state index in [-0.39, 0.29) is 12.8 Å². The van der Waals surface area contributed by atoms with Crippen molar-refractivity contribution in [1.82, 2.24) is 14.8 Å². The number of carbonyl (C=O) groups excluding carboxylic acids is 1. The predicted octanol–water partition coefficient (Wildman–Crippen LogP) is 1.84. The van der Waals surface area contributed by atoms with E-state index in [4.69, 9.17) is 5.73 Å². The zero-order chi connectivity index (χ0) is 20.3. The number of benzene rings is 1. The van der Waals surface area contributed by atoms with Crippen LogP contribution in [0.4, 0.5) is 0 Å². The number of aromatic nitrogens is 3. The van der Waals surface area contributed by atoms with Gasteiger partial charge >= 0.3 is 0 Å². The van der Waals surface area contributed by atoms with E-state index < -0.39 is 26.7 Å². The minimum atomic E-state index is -3.62. The molecule has 1 aromatic carbocycles. The maximum Gasteiger partial charge on any atom is 0.252 e. The van der Waals surface area contributed by atoms with E-state index >= 15 is 0 Å². The molecule has 146 valence electrons. The lowest BCUT2D eigenvalue weighted by Crippen LogP contribution is -2.29. The minimum Gasteiger partial charge on any atom is -0.370 e. The van der Waals surface area contributed by atoms with Crippen molar-refractivity contribution in [3.63, 3.8) is 0 Å². The number of primary amides is 1. The molecule has 10 heteroatoms. The van der Waals surface area contributed by atoms with Gasteiger partial charge in [0.2, 0.25) is 5.91 Å². The summed E-state index contributed by atoms with van der Waals surface area (Å²) in [6.07, 6.45) is 2.22. The van der Waals surface area contributed by atoms with E-state index in [0.29, 0.717) is 10.6 Å². The van der Waals surface area contributed by atoms with Crippen LogP contribution in [0.2, 0.25) is 0 Å². The van der Waals surface area contributed by atoms with Crippen LogP contribution < -0.4 is 11.3 Å². The normalized spacial score (nSPS) is 12.6. The van der Waals surface area contributed by atoms with Crippen molar-refractivity contribution < 1.29 is 13.2 Å². The molecule has 0 saturated heterocycles. The Morgan fingerprint density at radius 3 is 2.36 bits per heavy atom. The highest BCUT2D eigenvalue weighted by Gasteiger charge is 2.24. The van der Waals surface area contributed by atoms with Crippen molar-refractivity contribution in [2.45, 2.75) is 18.2 Å². The van der Waals surface area contributed by atoms with Gasteiger partial charge in [-0.2, -0.15) is 0 Å². The third-order valence-corrected chi connectivity index (χ3v) is 6.56. The van der Waals surface area contributed by atoms with Crippen LogP contribution in [0.5, 0.6) is 0 Å². The van der Waals surface area contributed by atoms with Gasteiger partial charge in [-0.15, -0.1) is 10.2 Å². The van der Waals surface area contributed by atoms with Crippen molar-refractivity contribution in [2.24, 2.45) is 5.73 Å². The smallest absolute Gasteiger partial charge is 0.252 e. The molecule has 1 atom stereocenters. The maximum atomic E-state index is 12.6. The van der Waals surface area contributed by atoms with E-state index in [1.807, 2.05) is 30.3 Å². The fourth-order valence-corrected chi connectivity index (χ4v) is 4.70. The molecule has 8 nitrogen and oxygen atoms in total. The molecular formula is C18H18N4O4S2. The minimum absolute atomic E-state index is 0.0651. The Hall–Kier alpha value is -2.85. The first-order valence-electron chi connectivity index (χ1n) is 8.34. The molecule has 28 heavy (non-hydrogen) atoms. The largest absolute Gasteiger partial charge is 0.370 e. The summed E-state index contributed by atoms with van der Waals surface area (Å²) in [5.41, 5.74) is 6.07. The van der Waals surface area contributed by atoms with Gasteiger partial charge in [0.1, 0.15) is 15.4 Å². The second-order valence-corrected chi connectivity index (χ2v) is 9.41. The molecule has 2 N–H and O–H groups in total. The van der Waals surface area contributed by atoms with E-state index in [0.717, 1.165) is 21.4 Å². The number of sulfone groups is 1. The molecule has 0 aliphatic carbocycles. The molecule has 1 unspecified atom stereocenters. The molecule has 0 radical (unpaired) electrons. The molecule has 0 bridgehead atoms. The molecule has 0 spiro atoms. The highest BCUT2D eigenvalue weighted by atomic mass is 32.2. The number of carbonyl (C=O) groups is 1. The lowest BCUT2D eigenvalue weighted by molar-refractivity contribution is -0.118. The summed E-state index contributed by atoms with van der Waals surface area (Å²) in [7, 11) is -3.62. The van der Waals surface area contributed by atoms with E-state index in [9.17, 15) is 18.0 Å². The highest BCUT2D eigenvalue weighted by molar-refractivity contribution is 7.90. The Labute approximate surface area is 165 Å². The third-order valence-electron chi connectivity index (χ3n) is 4.08. The van der Waals surface area contributed by atoms with Crippen LogP contribution in [0.15, 0.2) is 53.5 Å². The zero-order valence-corrected chi connectivity index (χ0v) is 16.6. The van der Waals surface area contributed by atoms with Crippen LogP contribution in [-0.4, -0.2) is 35.3 Å². The molecule has 0 aliphatic heterocycles. The lowest BCUT2D eigenvalue weighted by Gasteiger charge is -2.17. The van der Waals surface area contributed by atoms with E-state index in [1.54, 1.807) is 6.07 Å². The Morgan fingerprint density at radius 2 is 1.79 bits per heavy atom. The fourth-order valence-electron chi connectivity index (χ4n) is 2.72. The van der Waals surface area contributed by atoms with Crippen LogP contribution in [0.3, 0.4) is 0 Å². The van der Waals surface area contributed by atoms with Crippen molar-refractivity contribution in [1.29, 1.82) is 0 Å². The standard InChI is InChI=1S/C18H18N4O4S2/c1-28(25,26)16(8-7-14(19)23)22-10-9-13(11-15(22)24)18-21-20-17(27-18)12-5-3-2-4-6-12/h2-6,9-11,16H,7-8H2,1H3,(H2,19,23). The second-order valence-electron chi connectivity index (χ2n) is 6.23. The Morgan fingerprint density at radius 1 is 1.14 bits per heavy atom. The molecule has 3 rings (SSSR count). The van der Waals surface area contributed by atoms with Crippen LogP contribution >= 0.6 is 11.3 Å². The van der Waals surface area contributed by atoms with Gasteiger partial charge in [0, 0.05) is 36.1 Å². The number of hydrogen-bond donors (Lipinski definition) is 1. The van der Waals surface area contributed by atoms with Gasteiger partial charge in [-0.1, -0.05) is 41.7 Å². The van der Waals surface area contributed by atoms with Gasteiger partial charge < -0.3 is 5.73 Å². The van der Waals surface area contributed by atoms with E-state index in [1.165, 1.54) is 23.6 Å². The first kappa shape index (κ1) is 19.9. The van der Waals surface area contributed by atoms with Crippen LogP contribution in [0, 0.1) is 0 Å². The van der Waals surface area contributed by atoms with Crippen LogP contribution in [0.1, 0.15) is 18.2 Å². The van der Waals surface area contributed by atoms with Crippen LogP contribution in [0.25, 0.3) is 21.1 Å². The summed E-state index contributed by atoms with van der Waals surface area (Å²) in [6, 6.07) is 12.5. The molecule has 1 amide bonds. The number of amides is 1. The van der Waals surface area contributed by atoms with Gasteiger partial charge in [0.15, 0.2) is 9.84 Å². The molecular weight excluding hydrogens is 400 g/mol. The van der Waals surface area contributed by atoms with Gasteiger partial charge in [-0.25, -0.2) is 8.42 Å². The van der Waals surface area contributed by atoms with Crippen molar-refractivity contribution in [3.8, 4) is 21.1 Å². The molecule has 2 heterocycles. The molecule has 2 aromatic heterocycles. The lowest BCUT2D eigenvalue weighted by atomic mass is 10.2. The predicted molar refractivity (Wildman–Crippen MR) is 107 cm³/mol. The van der Waals surface area contributed by atoms with Crippen molar-refractivity contribution >= 4 is 27.1 Å². The summed E-state index contributed by atoms with van der Waals surface area (Å²) < 4.78 is 25.3. The Balaban J connectivity index is 1.93.